The smallest absolute Gasteiger partial charge is 0.257 e. The van der Waals surface area contributed by atoms with E-state index in [1.54, 1.807) is 12.1 Å². The SMILES string of the molecule is O=C(c1cc(I)ccc1O)N(CC1CC1)CC1CCCN1. The molecule has 21 heavy (non-hydrogen) atoms. The summed E-state index contributed by atoms with van der Waals surface area (Å²) in [5.41, 5.74) is 0.431. The van der Waals surface area contributed by atoms with E-state index in [0.29, 0.717) is 17.5 Å². The molecule has 0 bridgehead atoms. The molecule has 0 radical (unpaired) electrons. The number of hydrogen-bond acceptors (Lipinski definition) is 3. The van der Waals surface area contributed by atoms with Gasteiger partial charge >= 0.3 is 0 Å². The zero-order valence-corrected chi connectivity index (χ0v) is 14.2. The average molecular weight is 400 g/mol. The van der Waals surface area contributed by atoms with Crippen LogP contribution in [0.2, 0.25) is 0 Å². The van der Waals surface area contributed by atoms with E-state index in [1.165, 1.54) is 19.3 Å². The standard InChI is InChI=1S/C16H21IN2O2/c17-12-5-6-15(20)14(8-12)16(21)19(9-11-3-4-11)10-13-2-1-7-18-13/h5-6,8,11,13,18,20H,1-4,7,9-10H2. The van der Waals surface area contributed by atoms with Gasteiger partial charge in [-0.3, -0.25) is 4.79 Å². The van der Waals surface area contributed by atoms with Crippen molar-refractivity contribution >= 4 is 28.5 Å². The highest BCUT2D eigenvalue weighted by molar-refractivity contribution is 14.1. The van der Waals surface area contributed by atoms with Crippen molar-refractivity contribution in [2.75, 3.05) is 19.6 Å². The molecule has 1 saturated carbocycles. The minimum Gasteiger partial charge on any atom is -0.507 e. The Kier molecular flexibility index (Phi) is 4.69. The van der Waals surface area contributed by atoms with Crippen molar-refractivity contribution in [2.45, 2.75) is 31.7 Å². The molecular weight excluding hydrogens is 379 g/mol. The number of halogens is 1. The molecule has 1 aliphatic carbocycles. The molecule has 2 fully saturated rings. The van der Waals surface area contributed by atoms with Gasteiger partial charge in [-0.1, -0.05) is 0 Å². The quantitative estimate of drug-likeness (QED) is 0.748. The maximum absolute atomic E-state index is 12.8. The summed E-state index contributed by atoms with van der Waals surface area (Å²) >= 11 is 2.17. The summed E-state index contributed by atoms with van der Waals surface area (Å²) in [4.78, 5) is 14.7. The number of rotatable bonds is 5. The van der Waals surface area contributed by atoms with Crippen molar-refractivity contribution in [3.63, 3.8) is 0 Å². The van der Waals surface area contributed by atoms with Crippen LogP contribution >= 0.6 is 22.6 Å². The molecule has 1 aromatic carbocycles. The van der Waals surface area contributed by atoms with E-state index in [1.807, 2.05) is 11.0 Å². The third-order valence-corrected chi connectivity index (χ3v) is 4.93. The van der Waals surface area contributed by atoms with Crippen LogP contribution in [0.5, 0.6) is 5.75 Å². The summed E-state index contributed by atoms with van der Waals surface area (Å²) < 4.78 is 0.971. The van der Waals surface area contributed by atoms with E-state index >= 15 is 0 Å². The molecule has 1 aliphatic heterocycles. The molecule has 1 aromatic rings. The van der Waals surface area contributed by atoms with Gasteiger partial charge in [0.05, 0.1) is 5.56 Å². The van der Waals surface area contributed by atoms with E-state index < -0.39 is 0 Å². The molecule has 1 heterocycles. The third kappa shape index (κ3) is 3.88. The lowest BCUT2D eigenvalue weighted by molar-refractivity contribution is 0.0730. The fourth-order valence-corrected chi connectivity index (χ4v) is 3.37. The van der Waals surface area contributed by atoms with Crippen molar-refractivity contribution < 1.29 is 9.90 Å². The fraction of sp³-hybridized carbons (Fsp3) is 0.562. The van der Waals surface area contributed by atoms with Crippen LogP contribution in [0.1, 0.15) is 36.0 Å². The highest BCUT2D eigenvalue weighted by Gasteiger charge is 2.30. The minimum absolute atomic E-state index is 0.0355. The summed E-state index contributed by atoms with van der Waals surface area (Å²) in [6, 6.07) is 5.60. The minimum atomic E-state index is -0.0355. The van der Waals surface area contributed by atoms with E-state index in [4.69, 9.17) is 0 Å². The number of benzene rings is 1. The third-order valence-electron chi connectivity index (χ3n) is 4.25. The Balaban J connectivity index is 1.76. The van der Waals surface area contributed by atoms with Gasteiger partial charge in [-0.05, 0) is 78.9 Å². The van der Waals surface area contributed by atoms with E-state index in [0.717, 1.165) is 29.6 Å². The van der Waals surface area contributed by atoms with E-state index in [2.05, 4.69) is 27.9 Å². The number of carbonyl (C=O) groups excluding carboxylic acids is 1. The number of nitrogens with zero attached hydrogens (tertiary/aromatic N) is 1. The van der Waals surface area contributed by atoms with Crippen LogP contribution < -0.4 is 5.32 Å². The topological polar surface area (TPSA) is 52.6 Å². The fourth-order valence-electron chi connectivity index (χ4n) is 2.88. The predicted molar refractivity (Wildman–Crippen MR) is 90.5 cm³/mol. The lowest BCUT2D eigenvalue weighted by Gasteiger charge is -2.26. The first-order valence-corrected chi connectivity index (χ1v) is 8.72. The van der Waals surface area contributed by atoms with Gasteiger partial charge in [0, 0.05) is 22.7 Å². The second-order valence-electron chi connectivity index (χ2n) is 6.11. The van der Waals surface area contributed by atoms with Crippen LogP contribution in [0.25, 0.3) is 0 Å². The summed E-state index contributed by atoms with van der Waals surface area (Å²) in [6.07, 6.45) is 4.76. The summed E-state index contributed by atoms with van der Waals surface area (Å²) in [5.74, 6) is 0.701. The summed E-state index contributed by atoms with van der Waals surface area (Å²) in [6.45, 7) is 2.62. The second kappa shape index (κ2) is 6.52. The van der Waals surface area contributed by atoms with Gasteiger partial charge in [-0.15, -0.1) is 0 Å². The molecule has 3 rings (SSSR count). The van der Waals surface area contributed by atoms with Crippen LogP contribution in [0.4, 0.5) is 0 Å². The molecule has 4 nitrogen and oxygen atoms in total. The summed E-state index contributed by atoms with van der Waals surface area (Å²) in [7, 11) is 0. The normalized spacial score (nSPS) is 21.5. The molecule has 1 unspecified atom stereocenters. The number of hydrogen-bond donors (Lipinski definition) is 2. The molecular formula is C16H21IN2O2. The maximum Gasteiger partial charge on any atom is 0.257 e. The van der Waals surface area contributed by atoms with Crippen LogP contribution in [0, 0.1) is 9.49 Å². The average Bonchev–Trinajstić information content (AvgIpc) is 3.13. The Bertz CT molecular complexity index is 525. The monoisotopic (exact) mass is 400 g/mol. The van der Waals surface area contributed by atoms with E-state index in [9.17, 15) is 9.90 Å². The molecule has 114 valence electrons. The molecule has 1 amide bonds. The van der Waals surface area contributed by atoms with Gasteiger partial charge in [0.25, 0.3) is 5.91 Å². The van der Waals surface area contributed by atoms with Crippen LogP contribution in [-0.2, 0) is 0 Å². The Morgan fingerprint density at radius 1 is 1.33 bits per heavy atom. The number of phenolic OH excluding ortho intramolecular Hbond substituents is 1. The van der Waals surface area contributed by atoms with Crippen molar-refractivity contribution in [1.29, 1.82) is 0 Å². The molecule has 5 heteroatoms. The van der Waals surface area contributed by atoms with Gasteiger partial charge in [0.2, 0.25) is 0 Å². The van der Waals surface area contributed by atoms with Gasteiger partial charge in [0.1, 0.15) is 5.75 Å². The zero-order valence-electron chi connectivity index (χ0n) is 12.0. The van der Waals surface area contributed by atoms with Crippen molar-refractivity contribution in [2.24, 2.45) is 5.92 Å². The molecule has 0 spiro atoms. The number of phenols is 1. The summed E-state index contributed by atoms with van der Waals surface area (Å²) in [5, 5.41) is 13.5. The molecule has 2 N–H and O–H groups in total. The zero-order chi connectivity index (χ0) is 14.8. The van der Waals surface area contributed by atoms with Gasteiger partial charge in [-0.25, -0.2) is 0 Å². The number of carbonyl (C=O) groups is 1. The Labute approximate surface area is 139 Å². The van der Waals surface area contributed by atoms with Crippen LogP contribution in [0.3, 0.4) is 0 Å². The maximum atomic E-state index is 12.8. The molecule has 1 saturated heterocycles. The molecule has 2 aliphatic rings. The second-order valence-corrected chi connectivity index (χ2v) is 7.35. The largest absolute Gasteiger partial charge is 0.507 e. The first kappa shape index (κ1) is 15.1. The number of nitrogens with one attached hydrogen (secondary N) is 1. The van der Waals surface area contributed by atoms with Gasteiger partial charge < -0.3 is 15.3 Å². The van der Waals surface area contributed by atoms with Crippen molar-refractivity contribution in [1.82, 2.24) is 10.2 Å². The van der Waals surface area contributed by atoms with Gasteiger partial charge in [-0.2, -0.15) is 0 Å². The van der Waals surface area contributed by atoms with Crippen molar-refractivity contribution in [3.05, 3.63) is 27.3 Å². The Morgan fingerprint density at radius 2 is 2.14 bits per heavy atom. The van der Waals surface area contributed by atoms with Gasteiger partial charge in [0.15, 0.2) is 0 Å². The lowest BCUT2D eigenvalue weighted by Crippen LogP contribution is -2.42. The molecule has 1 atom stereocenters. The Hall–Kier alpha value is -0.820. The lowest BCUT2D eigenvalue weighted by atomic mass is 10.1. The van der Waals surface area contributed by atoms with Crippen LogP contribution in [0.15, 0.2) is 18.2 Å². The first-order valence-electron chi connectivity index (χ1n) is 7.64. The van der Waals surface area contributed by atoms with E-state index in [-0.39, 0.29) is 11.7 Å². The van der Waals surface area contributed by atoms with Crippen LogP contribution in [-0.4, -0.2) is 41.6 Å². The highest BCUT2D eigenvalue weighted by Crippen LogP contribution is 2.31. The predicted octanol–water partition coefficient (Wildman–Crippen LogP) is 2.60. The van der Waals surface area contributed by atoms with Crippen molar-refractivity contribution in [3.8, 4) is 5.75 Å². The first-order chi connectivity index (χ1) is 10.1. The highest BCUT2D eigenvalue weighted by atomic mass is 127. The number of aromatic hydroxyl groups is 1. The molecule has 0 aromatic heterocycles. The number of amides is 1. The Morgan fingerprint density at radius 3 is 2.81 bits per heavy atom.